The molecule has 20 heavy (non-hydrogen) atoms. The molecule has 0 aliphatic carbocycles. The average molecular weight is 296 g/mol. The van der Waals surface area contributed by atoms with E-state index in [1.54, 1.807) is 0 Å². The number of anilines is 1. The Bertz CT molecular complexity index is 428. The van der Waals surface area contributed by atoms with Crippen LogP contribution >= 0.6 is 11.3 Å². The van der Waals surface area contributed by atoms with Crippen molar-refractivity contribution in [3.8, 4) is 0 Å². The number of aromatic nitrogens is 1. The molecule has 0 saturated carbocycles. The number of aryl methyl sites for hydroxylation is 1. The molecule has 1 aliphatic rings. The maximum Gasteiger partial charge on any atom is 0.185 e. The molecule has 1 fully saturated rings. The van der Waals surface area contributed by atoms with E-state index in [1.165, 1.54) is 15.7 Å². The van der Waals surface area contributed by atoms with Crippen LogP contribution in [0.1, 0.15) is 38.3 Å². The van der Waals surface area contributed by atoms with Crippen molar-refractivity contribution in [2.75, 3.05) is 38.1 Å². The summed E-state index contributed by atoms with van der Waals surface area (Å²) in [5.74, 6) is 0. The van der Waals surface area contributed by atoms with Crippen LogP contribution in [0.5, 0.6) is 0 Å². The van der Waals surface area contributed by atoms with E-state index in [9.17, 15) is 0 Å². The van der Waals surface area contributed by atoms with Gasteiger partial charge in [-0.1, -0.05) is 6.92 Å². The van der Waals surface area contributed by atoms with E-state index in [-0.39, 0.29) is 5.54 Å². The van der Waals surface area contributed by atoms with Crippen molar-refractivity contribution in [3.63, 3.8) is 0 Å². The van der Waals surface area contributed by atoms with E-state index in [0.29, 0.717) is 0 Å². The fourth-order valence-corrected chi connectivity index (χ4v) is 3.86. The van der Waals surface area contributed by atoms with Crippen LogP contribution in [0.2, 0.25) is 0 Å². The lowest BCUT2D eigenvalue weighted by molar-refractivity contribution is 0.128. The fourth-order valence-electron chi connectivity index (χ4n) is 2.65. The van der Waals surface area contributed by atoms with Gasteiger partial charge in [-0.15, -0.1) is 11.3 Å². The molecule has 114 valence electrons. The maximum absolute atomic E-state index is 4.84. The van der Waals surface area contributed by atoms with Gasteiger partial charge >= 0.3 is 0 Å². The highest BCUT2D eigenvalue weighted by Gasteiger charge is 2.27. The fraction of sp³-hybridized carbons (Fsp3) is 0.800. The second kappa shape index (κ2) is 6.41. The van der Waals surface area contributed by atoms with E-state index >= 15 is 0 Å². The van der Waals surface area contributed by atoms with E-state index in [0.717, 1.165) is 39.1 Å². The van der Waals surface area contributed by atoms with Crippen molar-refractivity contribution in [2.45, 2.75) is 46.2 Å². The third-order valence-electron chi connectivity index (χ3n) is 3.94. The number of hydrogen-bond donors (Lipinski definition) is 1. The number of thiazole rings is 1. The Morgan fingerprint density at radius 1 is 1.20 bits per heavy atom. The highest BCUT2D eigenvalue weighted by Crippen LogP contribution is 2.28. The Hall–Kier alpha value is -0.650. The van der Waals surface area contributed by atoms with Gasteiger partial charge in [0, 0.05) is 43.1 Å². The number of hydrogen-bond acceptors (Lipinski definition) is 5. The third-order valence-corrected chi connectivity index (χ3v) is 5.10. The smallest absolute Gasteiger partial charge is 0.185 e. The van der Waals surface area contributed by atoms with Crippen LogP contribution in [0.15, 0.2) is 0 Å². The highest BCUT2D eigenvalue weighted by molar-refractivity contribution is 7.15. The first kappa shape index (κ1) is 15.7. The first-order valence-electron chi connectivity index (χ1n) is 7.59. The predicted octanol–water partition coefficient (Wildman–Crippen LogP) is 2.35. The summed E-state index contributed by atoms with van der Waals surface area (Å²) >= 11 is 1.86. The zero-order chi connectivity index (χ0) is 14.8. The van der Waals surface area contributed by atoms with Gasteiger partial charge in [-0.25, -0.2) is 4.98 Å². The summed E-state index contributed by atoms with van der Waals surface area (Å²) in [5, 5.41) is 4.45. The molecule has 0 bridgehead atoms. The molecule has 5 heteroatoms. The van der Waals surface area contributed by atoms with E-state index < -0.39 is 0 Å². The monoisotopic (exact) mass is 296 g/mol. The lowest BCUT2D eigenvalue weighted by Gasteiger charge is -2.42. The zero-order valence-electron chi connectivity index (χ0n) is 13.5. The SMILES string of the molecule is CCc1nc(N2CCN(C(C)(C)C)CC2)sc1CNC. The van der Waals surface area contributed by atoms with Gasteiger partial charge in [0.2, 0.25) is 0 Å². The van der Waals surface area contributed by atoms with Gasteiger partial charge in [-0.3, -0.25) is 4.90 Å². The van der Waals surface area contributed by atoms with Crippen molar-refractivity contribution < 1.29 is 0 Å². The molecule has 0 radical (unpaired) electrons. The van der Waals surface area contributed by atoms with Gasteiger partial charge in [0.15, 0.2) is 5.13 Å². The lowest BCUT2D eigenvalue weighted by Crippen LogP contribution is -2.53. The van der Waals surface area contributed by atoms with Gasteiger partial charge in [0.25, 0.3) is 0 Å². The van der Waals surface area contributed by atoms with E-state index in [2.05, 4.69) is 42.8 Å². The number of rotatable bonds is 4. The molecule has 0 atom stereocenters. The summed E-state index contributed by atoms with van der Waals surface area (Å²) in [6.45, 7) is 14.5. The summed E-state index contributed by atoms with van der Waals surface area (Å²) in [4.78, 5) is 11.2. The van der Waals surface area contributed by atoms with Crippen LogP contribution in [-0.4, -0.2) is 48.6 Å². The van der Waals surface area contributed by atoms with Crippen LogP contribution in [0.4, 0.5) is 5.13 Å². The van der Waals surface area contributed by atoms with Crippen molar-refractivity contribution in [1.29, 1.82) is 0 Å². The topological polar surface area (TPSA) is 31.4 Å². The minimum atomic E-state index is 0.279. The summed E-state index contributed by atoms with van der Waals surface area (Å²) in [5.41, 5.74) is 1.54. The quantitative estimate of drug-likeness (QED) is 0.924. The molecular weight excluding hydrogens is 268 g/mol. The van der Waals surface area contributed by atoms with Crippen molar-refractivity contribution in [1.82, 2.24) is 15.2 Å². The summed E-state index contributed by atoms with van der Waals surface area (Å²) in [6.07, 6.45) is 1.02. The van der Waals surface area contributed by atoms with Crippen LogP contribution in [0.25, 0.3) is 0 Å². The third kappa shape index (κ3) is 3.51. The molecule has 1 aromatic rings. The molecule has 1 N–H and O–H groups in total. The van der Waals surface area contributed by atoms with Gasteiger partial charge < -0.3 is 10.2 Å². The minimum Gasteiger partial charge on any atom is -0.346 e. The average Bonchev–Trinajstić information content (AvgIpc) is 2.81. The number of piperazine rings is 1. The molecule has 2 heterocycles. The summed E-state index contributed by atoms with van der Waals surface area (Å²) in [7, 11) is 2.00. The molecule has 1 aromatic heterocycles. The van der Waals surface area contributed by atoms with Gasteiger partial charge in [-0.05, 0) is 34.2 Å². The van der Waals surface area contributed by atoms with Gasteiger partial charge in [0.1, 0.15) is 0 Å². The first-order valence-corrected chi connectivity index (χ1v) is 8.40. The van der Waals surface area contributed by atoms with Gasteiger partial charge in [0.05, 0.1) is 5.69 Å². The molecule has 0 aromatic carbocycles. The Morgan fingerprint density at radius 2 is 1.85 bits per heavy atom. The predicted molar refractivity (Wildman–Crippen MR) is 87.8 cm³/mol. The molecule has 0 amide bonds. The van der Waals surface area contributed by atoms with E-state index in [1.807, 2.05) is 18.4 Å². The highest BCUT2D eigenvalue weighted by atomic mass is 32.1. The lowest BCUT2D eigenvalue weighted by atomic mass is 10.1. The standard InChI is InChI=1S/C15H28N4S/c1-6-12-13(11-16-5)20-14(17-12)18-7-9-19(10-8-18)15(2,3)4/h16H,6-11H2,1-5H3. The van der Waals surface area contributed by atoms with Crippen molar-refractivity contribution in [3.05, 3.63) is 10.6 Å². The Labute approximate surface area is 127 Å². The Morgan fingerprint density at radius 3 is 2.35 bits per heavy atom. The van der Waals surface area contributed by atoms with Crippen LogP contribution < -0.4 is 10.2 Å². The number of nitrogens with one attached hydrogen (secondary N) is 1. The minimum absolute atomic E-state index is 0.279. The summed E-state index contributed by atoms with van der Waals surface area (Å²) in [6, 6.07) is 0. The van der Waals surface area contributed by atoms with Crippen molar-refractivity contribution >= 4 is 16.5 Å². The molecule has 1 saturated heterocycles. The Kier molecular flexibility index (Phi) is 5.04. The molecule has 2 rings (SSSR count). The molecule has 1 aliphatic heterocycles. The van der Waals surface area contributed by atoms with Crippen LogP contribution in [-0.2, 0) is 13.0 Å². The van der Waals surface area contributed by atoms with Gasteiger partial charge in [-0.2, -0.15) is 0 Å². The zero-order valence-corrected chi connectivity index (χ0v) is 14.3. The van der Waals surface area contributed by atoms with Crippen LogP contribution in [0, 0.1) is 0 Å². The molecular formula is C15H28N4S. The molecule has 0 unspecified atom stereocenters. The number of nitrogens with zero attached hydrogens (tertiary/aromatic N) is 3. The molecule has 4 nitrogen and oxygen atoms in total. The largest absolute Gasteiger partial charge is 0.346 e. The Balaban J connectivity index is 2.03. The van der Waals surface area contributed by atoms with Crippen molar-refractivity contribution in [2.24, 2.45) is 0 Å². The molecule has 0 spiro atoms. The second-order valence-electron chi connectivity index (χ2n) is 6.40. The second-order valence-corrected chi connectivity index (χ2v) is 7.46. The summed E-state index contributed by atoms with van der Waals surface area (Å²) < 4.78 is 0. The van der Waals surface area contributed by atoms with E-state index in [4.69, 9.17) is 4.98 Å². The normalized spacial score (nSPS) is 17.8. The van der Waals surface area contributed by atoms with Crippen LogP contribution in [0.3, 0.4) is 0 Å². The maximum atomic E-state index is 4.84. The first-order chi connectivity index (χ1) is 9.45.